The average molecular weight is 346 g/mol. The Morgan fingerprint density at radius 2 is 2.29 bits per heavy atom. The lowest BCUT2D eigenvalue weighted by Crippen LogP contribution is -2.28. The molecule has 0 spiro atoms. The van der Waals surface area contributed by atoms with Crippen LogP contribution in [0.1, 0.15) is 30.7 Å². The summed E-state index contributed by atoms with van der Waals surface area (Å²) in [6.07, 6.45) is 2.79. The van der Waals surface area contributed by atoms with Gasteiger partial charge in [-0.3, -0.25) is 0 Å². The third-order valence-corrected chi connectivity index (χ3v) is 5.64. The maximum atomic E-state index is 12.4. The van der Waals surface area contributed by atoms with E-state index in [0.29, 0.717) is 0 Å². The molecule has 21 heavy (non-hydrogen) atoms. The van der Waals surface area contributed by atoms with Crippen molar-refractivity contribution in [1.82, 2.24) is 9.71 Å². The highest BCUT2D eigenvalue weighted by molar-refractivity contribution is 7.89. The lowest BCUT2D eigenvalue weighted by molar-refractivity contribution is 0.540. The third-order valence-electron chi connectivity index (χ3n) is 2.92. The monoisotopic (exact) mass is 345 g/mol. The summed E-state index contributed by atoms with van der Waals surface area (Å²) in [6, 6.07) is 4.88. The van der Waals surface area contributed by atoms with Gasteiger partial charge in [0.15, 0.2) is 0 Å². The van der Waals surface area contributed by atoms with Gasteiger partial charge < -0.3 is 5.73 Å². The van der Waals surface area contributed by atoms with Gasteiger partial charge in [0.25, 0.3) is 0 Å². The normalized spacial score (nSPS) is 13.2. The number of hydrogen-bond donors (Lipinski definition) is 2. The van der Waals surface area contributed by atoms with Crippen LogP contribution in [0.4, 0.5) is 5.82 Å². The second kappa shape index (κ2) is 6.74. The minimum Gasteiger partial charge on any atom is -0.382 e. The lowest BCUT2D eigenvalue weighted by atomic mass is 10.1. The first-order valence-electron chi connectivity index (χ1n) is 6.40. The van der Waals surface area contributed by atoms with Crippen LogP contribution in [0, 0.1) is 0 Å². The standard InChI is InChI=1S/C13H16ClN3O2S2/c1-2-4-11(12-5-3-6-20-12)17-21(18,19)9-7-10(14)13(15)16-8-9/h3,5-8,11,17H,2,4H2,1H3,(H2,15,16). The Labute approximate surface area is 133 Å². The Kier molecular flexibility index (Phi) is 5.21. The van der Waals surface area contributed by atoms with E-state index in [4.69, 9.17) is 17.3 Å². The Morgan fingerprint density at radius 1 is 1.52 bits per heavy atom. The SMILES string of the molecule is CCCC(NS(=O)(=O)c1cnc(N)c(Cl)c1)c1cccs1. The van der Waals surface area contributed by atoms with E-state index in [1.165, 1.54) is 23.6 Å². The molecule has 2 aromatic rings. The lowest BCUT2D eigenvalue weighted by Gasteiger charge is -2.17. The first-order valence-corrected chi connectivity index (χ1v) is 9.15. The van der Waals surface area contributed by atoms with E-state index < -0.39 is 10.0 Å². The Bertz CT molecular complexity index is 702. The fourth-order valence-corrected chi connectivity index (χ4v) is 4.21. The van der Waals surface area contributed by atoms with Gasteiger partial charge in [0.1, 0.15) is 10.7 Å². The number of hydrogen-bond acceptors (Lipinski definition) is 5. The van der Waals surface area contributed by atoms with Crippen LogP contribution in [-0.4, -0.2) is 13.4 Å². The van der Waals surface area contributed by atoms with Gasteiger partial charge in [-0.1, -0.05) is 31.0 Å². The Hall–Kier alpha value is -1.15. The van der Waals surface area contributed by atoms with Crippen molar-refractivity contribution in [3.8, 4) is 0 Å². The van der Waals surface area contributed by atoms with Crippen molar-refractivity contribution in [3.63, 3.8) is 0 Å². The highest BCUT2D eigenvalue weighted by Gasteiger charge is 2.22. The summed E-state index contributed by atoms with van der Waals surface area (Å²) >= 11 is 7.36. The zero-order chi connectivity index (χ0) is 15.5. The van der Waals surface area contributed by atoms with Gasteiger partial charge in [0.05, 0.1) is 11.1 Å². The highest BCUT2D eigenvalue weighted by Crippen LogP contribution is 2.26. The van der Waals surface area contributed by atoms with Crippen LogP contribution in [0.5, 0.6) is 0 Å². The number of nitrogens with two attached hydrogens (primary N) is 1. The fourth-order valence-electron chi connectivity index (χ4n) is 1.87. The molecule has 8 heteroatoms. The van der Waals surface area contributed by atoms with Crippen molar-refractivity contribution < 1.29 is 8.42 Å². The molecule has 2 rings (SSSR count). The molecule has 0 bridgehead atoms. The molecule has 0 fully saturated rings. The van der Waals surface area contributed by atoms with Crippen LogP contribution in [-0.2, 0) is 10.0 Å². The smallest absolute Gasteiger partial charge is 0.242 e. The fraction of sp³-hybridized carbons (Fsp3) is 0.308. The van der Waals surface area contributed by atoms with E-state index in [1.54, 1.807) is 0 Å². The molecule has 3 N–H and O–H groups in total. The number of anilines is 1. The average Bonchev–Trinajstić information content (AvgIpc) is 2.95. The van der Waals surface area contributed by atoms with Crippen molar-refractivity contribution in [3.05, 3.63) is 39.7 Å². The Balaban J connectivity index is 2.28. The molecule has 2 heterocycles. The number of nitrogen functional groups attached to an aromatic ring is 1. The quantitative estimate of drug-likeness (QED) is 0.841. The first-order chi connectivity index (χ1) is 9.94. The molecule has 0 aliphatic carbocycles. The molecule has 0 amide bonds. The van der Waals surface area contributed by atoms with Crippen molar-refractivity contribution in [2.45, 2.75) is 30.7 Å². The summed E-state index contributed by atoms with van der Waals surface area (Å²) in [5, 5.41) is 2.05. The van der Waals surface area contributed by atoms with E-state index in [2.05, 4.69) is 9.71 Å². The number of nitrogens with one attached hydrogen (secondary N) is 1. The second-order valence-electron chi connectivity index (χ2n) is 4.52. The van der Waals surface area contributed by atoms with Crippen LogP contribution in [0.2, 0.25) is 5.02 Å². The maximum absolute atomic E-state index is 12.4. The third kappa shape index (κ3) is 3.94. The maximum Gasteiger partial charge on any atom is 0.242 e. The van der Waals surface area contributed by atoms with Crippen LogP contribution < -0.4 is 10.5 Å². The topological polar surface area (TPSA) is 85.1 Å². The molecule has 5 nitrogen and oxygen atoms in total. The van der Waals surface area contributed by atoms with Gasteiger partial charge in [-0.05, 0) is 23.9 Å². The van der Waals surface area contributed by atoms with Crippen molar-refractivity contribution in [2.24, 2.45) is 0 Å². The summed E-state index contributed by atoms with van der Waals surface area (Å²) in [5.74, 6) is 0.110. The molecule has 0 saturated heterocycles. The molecule has 0 radical (unpaired) electrons. The predicted octanol–water partition coefficient (Wildman–Crippen LogP) is 3.20. The number of thiophene rings is 1. The number of nitrogens with zero attached hydrogens (tertiary/aromatic N) is 1. The first kappa shape index (κ1) is 16.2. The number of halogens is 1. The largest absolute Gasteiger partial charge is 0.382 e. The van der Waals surface area contributed by atoms with Crippen LogP contribution >= 0.6 is 22.9 Å². The molecule has 0 aliphatic heterocycles. The van der Waals surface area contributed by atoms with Gasteiger partial charge in [-0.2, -0.15) is 0 Å². The van der Waals surface area contributed by atoms with E-state index in [1.807, 2.05) is 24.4 Å². The molecular weight excluding hydrogens is 330 g/mol. The molecule has 114 valence electrons. The van der Waals surface area contributed by atoms with E-state index in [9.17, 15) is 8.42 Å². The Morgan fingerprint density at radius 3 is 2.86 bits per heavy atom. The zero-order valence-corrected chi connectivity index (χ0v) is 13.8. The van der Waals surface area contributed by atoms with Gasteiger partial charge in [-0.25, -0.2) is 18.1 Å². The van der Waals surface area contributed by atoms with Crippen LogP contribution in [0.3, 0.4) is 0 Å². The molecule has 2 aromatic heterocycles. The van der Waals surface area contributed by atoms with Crippen molar-refractivity contribution in [2.75, 3.05) is 5.73 Å². The number of rotatable bonds is 6. The van der Waals surface area contributed by atoms with Gasteiger partial charge in [0, 0.05) is 11.1 Å². The van der Waals surface area contributed by atoms with E-state index >= 15 is 0 Å². The summed E-state index contributed by atoms with van der Waals surface area (Å²) in [7, 11) is -3.69. The van der Waals surface area contributed by atoms with Gasteiger partial charge >= 0.3 is 0 Å². The molecule has 0 aliphatic rings. The summed E-state index contributed by atoms with van der Waals surface area (Å²) in [4.78, 5) is 4.78. The van der Waals surface area contributed by atoms with Crippen molar-refractivity contribution in [1.29, 1.82) is 0 Å². The number of aromatic nitrogens is 1. The molecular formula is C13H16ClN3O2S2. The van der Waals surface area contributed by atoms with Gasteiger partial charge in [-0.15, -0.1) is 11.3 Å². The predicted molar refractivity (Wildman–Crippen MR) is 85.9 cm³/mol. The number of pyridine rings is 1. The molecule has 1 unspecified atom stereocenters. The summed E-state index contributed by atoms with van der Waals surface area (Å²) in [5.41, 5.74) is 5.50. The molecule has 0 aromatic carbocycles. The summed E-state index contributed by atoms with van der Waals surface area (Å²) < 4.78 is 27.6. The minimum atomic E-state index is -3.69. The van der Waals surface area contributed by atoms with Crippen molar-refractivity contribution >= 4 is 38.8 Å². The van der Waals surface area contributed by atoms with Crippen LogP contribution in [0.15, 0.2) is 34.7 Å². The second-order valence-corrected chi connectivity index (χ2v) is 7.62. The van der Waals surface area contributed by atoms with Crippen LogP contribution in [0.25, 0.3) is 0 Å². The minimum absolute atomic E-state index is 0.0133. The van der Waals surface area contributed by atoms with E-state index in [0.717, 1.165) is 17.7 Å². The highest BCUT2D eigenvalue weighted by atomic mass is 35.5. The molecule has 1 atom stereocenters. The van der Waals surface area contributed by atoms with Gasteiger partial charge in [0.2, 0.25) is 10.0 Å². The molecule has 0 saturated carbocycles. The zero-order valence-electron chi connectivity index (χ0n) is 11.4. The summed E-state index contributed by atoms with van der Waals surface area (Å²) in [6.45, 7) is 2.01. The van der Waals surface area contributed by atoms with E-state index in [-0.39, 0.29) is 21.8 Å². The number of sulfonamides is 1.